The Kier molecular flexibility index (Phi) is 7.45. The molecule has 1 aliphatic carbocycles. The number of para-hydroxylation sites is 1. The van der Waals surface area contributed by atoms with Crippen molar-refractivity contribution in [3.8, 4) is 16.9 Å². The van der Waals surface area contributed by atoms with Gasteiger partial charge < -0.3 is 24.8 Å². The fourth-order valence-corrected chi connectivity index (χ4v) is 6.65. The number of aromatic nitrogens is 1. The summed E-state index contributed by atoms with van der Waals surface area (Å²) >= 11 is 0. The molecule has 0 bridgehead atoms. The maximum atomic E-state index is 12.4. The van der Waals surface area contributed by atoms with Crippen LogP contribution in [0.4, 0.5) is 10.6 Å². The zero-order chi connectivity index (χ0) is 29.3. The number of amides is 1. The summed E-state index contributed by atoms with van der Waals surface area (Å²) < 4.78 is 17.0. The number of piperidine rings is 1. The van der Waals surface area contributed by atoms with E-state index >= 15 is 0 Å². The number of fused-ring (bicyclic) bond motifs is 3. The largest absolute Gasteiger partial charge is 0.485 e. The number of hydrogen-bond acceptors (Lipinski definition) is 7. The molecule has 1 saturated heterocycles. The molecule has 2 N–H and O–H groups in total. The van der Waals surface area contributed by atoms with Crippen molar-refractivity contribution in [1.82, 2.24) is 9.88 Å². The van der Waals surface area contributed by atoms with E-state index in [4.69, 9.17) is 19.9 Å². The lowest BCUT2D eigenvalue weighted by Crippen LogP contribution is -2.44. The maximum absolute atomic E-state index is 12.4. The highest BCUT2D eigenvalue weighted by Gasteiger charge is 2.47. The number of hydrogen-bond donors (Lipinski definition) is 1. The molecule has 8 heteroatoms. The zero-order valence-electron chi connectivity index (χ0n) is 24.0. The lowest BCUT2D eigenvalue weighted by molar-refractivity contribution is -0.142. The highest BCUT2D eigenvalue weighted by atomic mass is 16.5. The van der Waals surface area contributed by atoms with Gasteiger partial charge in [0.25, 0.3) is 0 Å². The van der Waals surface area contributed by atoms with Crippen molar-refractivity contribution in [3.63, 3.8) is 0 Å². The van der Waals surface area contributed by atoms with E-state index in [0.717, 1.165) is 52.3 Å². The van der Waals surface area contributed by atoms with E-state index in [2.05, 4.69) is 29.2 Å². The van der Waals surface area contributed by atoms with Gasteiger partial charge in [0.2, 0.25) is 0 Å². The van der Waals surface area contributed by atoms with Gasteiger partial charge in [-0.3, -0.25) is 4.79 Å². The van der Waals surface area contributed by atoms with E-state index in [0.29, 0.717) is 31.3 Å². The highest BCUT2D eigenvalue weighted by molar-refractivity contribution is 6.01. The number of carbonyl (C=O) groups is 2. The molecule has 0 saturated carbocycles. The van der Waals surface area contributed by atoms with Crippen molar-refractivity contribution in [2.24, 2.45) is 0 Å². The number of nitrogens with two attached hydrogens (primary N) is 1. The number of anilines is 1. The Morgan fingerprint density at radius 3 is 2.62 bits per heavy atom. The van der Waals surface area contributed by atoms with Crippen molar-refractivity contribution >= 4 is 28.7 Å². The predicted octanol–water partition coefficient (Wildman–Crippen LogP) is 6.21. The molecule has 6 rings (SSSR count). The molecule has 1 spiro atoms. The number of benzene rings is 3. The Hall–Kier alpha value is -4.59. The number of rotatable bonds is 6. The van der Waals surface area contributed by atoms with Crippen LogP contribution in [-0.4, -0.2) is 48.8 Å². The Morgan fingerprint density at radius 2 is 1.83 bits per heavy atom. The van der Waals surface area contributed by atoms with Crippen molar-refractivity contribution < 1.29 is 23.8 Å². The molecule has 1 unspecified atom stereocenters. The lowest BCUT2D eigenvalue weighted by atomic mass is 9.73. The fraction of sp³-hybridized carbons (Fsp3) is 0.324. The smallest absolute Gasteiger partial charge is 0.409 e. The van der Waals surface area contributed by atoms with E-state index < -0.39 is 0 Å². The monoisotopic (exact) mass is 565 g/mol. The normalized spacial score (nSPS) is 17.2. The first kappa shape index (κ1) is 27.6. The second-order valence-electron chi connectivity index (χ2n) is 11.0. The molecule has 1 amide bonds. The van der Waals surface area contributed by atoms with E-state index in [1.54, 1.807) is 18.0 Å². The second-order valence-corrected chi connectivity index (χ2v) is 11.0. The van der Waals surface area contributed by atoms with Crippen LogP contribution in [-0.2, 0) is 26.1 Å². The fourth-order valence-electron chi connectivity index (χ4n) is 6.65. The van der Waals surface area contributed by atoms with Gasteiger partial charge in [0.05, 0.1) is 20.1 Å². The Morgan fingerprint density at radius 1 is 1.02 bits per heavy atom. The third-order valence-electron chi connectivity index (χ3n) is 8.73. The third-order valence-corrected chi connectivity index (χ3v) is 8.73. The molecule has 8 nitrogen and oxygen atoms in total. The van der Waals surface area contributed by atoms with Crippen molar-refractivity contribution in [1.29, 1.82) is 0 Å². The molecule has 1 fully saturated rings. The van der Waals surface area contributed by atoms with Gasteiger partial charge in [-0.1, -0.05) is 48.5 Å². The first-order chi connectivity index (χ1) is 20.4. The summed E-state index contributed by atoms with van der Waals surface area (Å²) in [6.45, 7) is 3.38. The number of nitrogens with zero attached hydrogens (tertiary/aromatic N) is 2. The molecule has 1 aliphatic heterocycles. The van der Waals surface area contributed by atoms with Crippen LogP contribution >= 0.6 is 0 Å². The Bertz CT molecular complexity index is 1640. The number of methoxy groups -OCH3 is 1. The van der Waals surface area contributed by atoms with Crippen LogP contribution in [0.3, 0.4) is 0 Å². The van der Waals surface area contributed by atoms with E-state index in [1.807, 2.05) is 42.5 Å². The van der Waals surface area contributed by atoms with Crippen LogP contribution in [0, 0.1) is 0 Å². The average molecular weight is 566 g/mol. The molecule has 1 atom stereocenters. The topological polar surface area (TPSA) is 104 Å². The third kappa shape index (κ3) is 5.02. The first-order valence-corrected chi connectivity index (χ1v) is 14.4. The highest BCUT2D eigenvalue weighted by Crippen LogP contribution is 2.53. The van der Waals surface area contributed by atoms with Gasteiger partial charge in [0.15, 0.2) is 0 Å². The summed E-state index contributed by atoms with van der Waals surface area (Å²) in [4.78, 5) is 30.6. The SMILES string of the molecule is CCOC(=O)Cc1ccccc1OC1CC2(CCN(C(=O)OC)CC2)c2ccc(-c3cccc4c(N)nccc34)cc21. The van der Waals surface area contributed by atoms with Crippen LogP contribution in [0.5, 0.6) is 5.75 Å². The number of esters is 1. The Balaban J connectivity index is 1.40. The molecule has 0 radical (unpaired) electrons. The standard InChI is InChI=1S/C34H35N3O5/c1-3-41-31(38)20-23-7-4-5-10-29(23)42-30-21-34(14-17-37(18-15-34)33(39)40-2)28-12-11-22(19-27(28)30)24-8-6-9-26-25(24)13-16-36-32(26)35/h4-13,16,19,30H,3,14-15,17-18,20-21H2,1-2H3,(H2,35,36). The van der Waals surface area contributed by atoms with E-state index in [-0.39, 0.29) is 30.0 Å². The van der Waals surface area contributed by atoms with Crippen LogP contribution in [0.1, 0.15) is 49.0 Å². The van der Waals surface area contributed by atoms with Gasteiger partial charge in [-0.25, -0.2) is 9.78 Å². The minimum absolute atomic E-state index is 0.133. The van der Waals surface area contributed by atoms with Crippen molar-refractivity contribution in [3.05, 3.63) is 89.6 Å². The molecule has 4 aromatic rings. The number of pyridine rings is 1. The molecule has 1 aromatic heterocycles. The van der Waals surface area contributed by atoms with Crippen LogP contribution in [0.2, 0.25) is 0 Å². The van der Waals surface area contributed by atoms with Crippen LogP contribution in [0.15, 0.2) is 72.9 Å². The van der Waals surface area contributed by atoms with Gasteiger partial charge in [-0.15, -0.1) is 0 Å². The molecular weight excluding hydrogens is 530 g/mol. The molecule has 2 heterocycles. The summed E-state index contributed by atoms with van der Waals surface area (Å²) in [7, 11) is 1.42. The van der Waals surface area contributed by atoms with Crippen LogP contribution in [0.25, 0.3) is 21.9 Å². The predicted molar refractivity (Wildman–Crippen MR) is 161 cm³/mol. The molecule has 2 aliphatic rings. The molecular formula is C34H35N3O5. The van der Waals surface area contributed by atoms with Gasteiger partial charge >= 0.3 is 12.1 Å². The number of nitrogen functional groups attached to an aromatic ring is 1. The van der Waals surface area contributed by atoms with Gasteiger partial charge in [-0.05, 0) is 72.0 Å². The number of likely N-dealkylation sites (tertiary alicyclic amines) is 1. The summed E-state index contributed by atoms with van der Waals surface area (Å²) in [5.41, 5.74) is 11.4. The first-order valence-electron chi connectivity index (χ1n) is 14.4. The minimum atomic E-state index is -0.288. The number of carbonyl (C=O) groups excluding carboxylic acids is 2. The zero-order valence-corrected chi connectivity index (χ0v) is 24.0. The van der Waals surface area contributed by atoms with E-state index in [1.165, 1.54) is 12.7 Å². The lowest BCUT2D eigenvalue weighted by Gasteiger charge is -2.39. The molecule has 216 valence electrons. The minimum Gasteiger partial charge on any atom is -0.485 e. The summed E-state index contributed by atoms with van der Waals surface area (Å²) in [5.74, 6) is 0.908. The summed E-state index contributed by atoms with van der Waals surface area (Å²) in [6.07, 6.45) is 3.78. The van der Waals surface area contributed by atoms with Gasteiger partial charge in [0.1, 0.15) is 17.7 Å². The summed E-state index contributed by atoms with van der Waals surface area (Å²) in [6, 6.07) is 22.4. The van der Waals surface area contributed by atoms with Crippen LogP contribution < -0.4 is 10.5 Å². The average Bonchev–Trinajstić information content (AvgIpc) is 3.29. The van der Waals surface area contributed by atoms with Crippen molar-refractivity contribution in [2.75, 3.05) is 32.5 Å². The maximum Gasteiger partial charge on any atom is 0.409 e. The summed E-state index contributed by atoms with van der Waals surface area (Å²) in [5, 5.41) is 1.96. The van der Waals surface area contributed by atoms with Gasteiger partial charge in [-0.2, -0.15) is 0 Å². The molecule has 42 heavy (non-hydrogen) atoms. The molecule has 3 aromatic carbocycles. The van der Waals surface area contributed by atoms with E-state index in [9.17, 15) is 9.59 Å². The number of ether oxygens (including phenoxy) is 3. The Labute approximate surface area is 245 Å². The van der Waals surface area contributed by atoms with Crippen molar-refractivity contribution in [2.45, 2.75) is 44.1 Å². The van der Waals surface area contributed by atoms with Gasteiger partial charge in [0, 0.05) is 35.7 Å². The quantitative estimate of drug-likeness (QED) is 0.277. The second kappa shape index (κ2) is 11.4.